The van der Waals surface area contributed by atoms with Crippen LogP contribution in [0.25, 0.3) is 0 Å². The van der Waals surface area contributed by atoms with Gasteiger partial charge in [0.15, 0.2) is 0 Å². The molecule has 0 aliphatic heterocycles. The zero-order chi connectivity index (χ0) is 16.1. The molecule has 0 aliphatic carbocycles. The Morgan fingerprint density at radius 2 is 1.25 bits per heavy atom. The second kappa shape index (κ2) is 8.64. The van der Waals surface area contributed by atoms with Crippen molar-refractivity contribution in [1.29, 1.82) is 0 Å². The average molecular weight is 333 g/mol. The van der Waals surface area contributed by atoms with Crippen molar-refractivity contribution in [2.24, 2.45) is 17.2 Å². The van der Waals surface area contributed by atoms with E-state index in [9.17, 15) is 19.9 Å². The van der Waals surface area contributed by atoms with Gasteiger partial charge in [-0.05, 0) is 32.2 Å². The summed E-state index contributed by atoms with van der Waals surface area (Å²) >= 11 is 0.503. The summed E-state index contributed by atoms with van der Waals surface area (Å²) in [5.41, 5.74) is 16.5. The maximum Gasteiger partial charge on any atom is 0.393 e. The van der Waals surface area contributed by atoms with Crippen molar-refractivity contribution in [1.82, 2.24) is 0 Å². The first kappa shape index (κ1) is 20.3. The minimum atomic E-state index is -3.99. The van der Waals surface area contributed by atoms with Crippen LogP contribution in [0.5, 0.6) is 0 Å². The molecule has 0 rings (SSSR count). The fraction of sp³-hybridized carbons (Fsp3) is 1.00. The first-order valence-corrected chi connectivity index (χ1v) is 8.97. The highest BCUT2D eigenvalue weighted by Crippen LogP contribution is 2.63. The highest BCUT2D eigenvalue weighted by Gasteiger charge is 2.37. The number of nitrogens with two attached hydrogens (primary N) is 3. The van der Waals surface area contributed by atoms with Gasteiger partial charge in [0.2, 0.25) is 0 Å². The molecule has 0 amide bonds. The topological polar surface area (TPSA) is 174 Å². The van der Waals surface area contributed by atoms with Gasteiger partial charge in [0, 0.05) is 0 Å². The molecule has 0 spiro atoms. The van der Waals surface area contributed by atoms with Gasteiger partial charge in [-0.3, -0.25) is 9.05 Å². The minimum Gasteiger partial charge on any atom is -0.391 e. The lowest BCUT2D eigenvalue weighted by molar-refractivity contribution is 0.0134. The Hall–Kier alpha value is 0.260. The third-order valence-corrected chi connectivity index (χ3v) is 6.10. The molecule has 6 unspecified atom stereocenters. The summed E-state index contributed by atoms with van der Waals surface area (Å²) in [6, 6.07) is 0. The van der Waals surface area contributed by atoms with E-state index in [4.69, 9.17) is 26.2 Å². The molecular weight excluding hydrogens is 309 g/mol. The lowest BCUT2D eigenvalue weighted by atomic mass is 10.4. The van der Waals surface area contributed by atoms with E-state index in [1.807, 2.05) is 0 Å². The number of aliphatic hydroxyl groups excluding tert-OH is 3. The summed E-state index contributed by atoms with van der Waals surface area (Å²) in [5.74, 6) is 0. The Kier molecular flexibility index (Phi) is 8.75. The molecule has 122 valence electrons. The van der Waals surface area contributed by atoms with Crippen LogP contribution in [0.4, 0.5) is 0 Å². The van der Waals surface area contributed by atoms with E-state index in [2.05, 4.69) is 0 Å². The van der Waals surface area contributed by atoms with Crippen molar-refractivity contribution >= 4 is 18.2 Å². The molecule has 0 aromatic carbocycles. The van der Waals surface area contributed by atoms with Crippen molar-refractivity contribution in [2.45, 2.75) is 56.9 Å². The van der Waals surface area contributed by atoms with E-state index >= 15 is 0 Å². The predicted molar refractivity (Wildman–Crippen MR) is 76.3 cm³/mol. The zero-order valence-corrected chi connectivity index (χ0v) is 13.3. The van der Waals surface area contributed by atoms with Gasteiger partial charge in [-0.1, -0.05) is 0 Å². The van der Waals surface area contributed by atoms with Gasteiger partial charge in [0.25, 0.3) is 0 Å². The summed E-state index contributed by atoms with van der Waals surface area (Å²) in [6.45, 7) is 0.0787. The SMILES string of the molecule is CC(O)C(N)OP(=O)(OC(N)C(C)O)SC(N)C(C)O. The quantitative estimate of drug-likeness (QED) is 0.223. The van der Waals surface area contributed by atoms with Crippen molar-refractivity contribution in [2.75, 3.05) is 0 Å². The van der Waals surface area contributed by atoms with Crippen LogP contribution in [0.2, 0.25) is 0 Å². The molecule has 6 atom stereocenters. The Bertz CT molecular complexity index is 285. The molecule has 9 nitrogen and oxygen atoms in total. The highest BCUT2D eigenvalue weighted by atomic mass is 32.7. The van der Waals surface area contributed by atoms with Crippen LogP contribution in [-0.4, -0.2) is 51.5 Å². The van der Waals surface area contributed by atoms with E-state index in [0.717, 1.165) is 0 Å². The molecule has 0 heterocycles. The van der Waals surface area contributed by atoms with Crippen molar-refractivity contribution in [3.05, 3.63) is 0 Å². The fourth-order valence-corrected chi connectivity index (χ4v) is 4.68. The predicted octanol–water partition coefficient (Wildman–Crippen LogP) is -1.14. The largest absolute Gasteiger partial charge is 0.393 e. The van der Waals surface area contributed by atoms with E-state index in [-0.39, 0.29) is 0 Å². The second-order valence-corrected chi connectivity index (χ2v) is 8.42. The van der Waals surface area contributed by atoms with Crippen LogP contribution in [0.1, 0.15) is 20.8 Å². The number of aliphatic hydroxyl groups is 3. The molecule has 0 aromatic heterocycles. The smallest absolute Gasteiger partial charge is 0.391 e. The normalized spacial score (nSPS) is 24.2. The average Bonchev–Trinajstić information content (AvgIpc) is 2.27. The van der Waals surface area contributed by atoms with Gasteiger partial charge in [-0.2, -0.15) is 0 Å². The van der Waals surface area contributed by atoms with Crippen molar-refractivity contribution < 1.29 is 28.9 Å². The third kappa shape index (κ3) is 7.32. The van der Waals surface area contributed by atoms with E-state index in [1.165, 1.54) is 20.8 Å². The molecule has 9 N–H and O–H groups in total. The Labute approximate surface area is 122 Å². The van der Waals surface area contributed by atoms with Crippen LogP contribution < -0.4 is 17.2 Å². The molecule has 0 fully saturated rings. The molecule has 20 heavy (non-hydrogen) atoms. The lowest BCUT2D eigenvalue weighted by Crippen LogP contribution is -2.38. The summed E-state index contributed by atoms with van der Waals surface area (Å²) < 4.78 is 22.5. The van der Waals surface area contributed by atoms with E-state index < -0.39 is 42.9 Å². The summed E-state index contributed by atoms with van der Waals surface area (Å²) in [6.07, 6.45) is -5.81. The van der Waals surface area contributed by atoms with Crippen molar-refractivity contribution in [3.63, 3.8) is 0 Å². The maximum atomic E-state index is 12.5. The van der Waals surface area contributed by atoms with Crippen molar-refractivity contribution in [3.8, 4) is 0 Å². The molecule has 0 aliphatic rings. The standard InChI is InChI=1S/C9H24N3O6PS/c1-4(13)7(10)17-19(16,18-8(11)5(2)14)20-9(12)6(3)15/h4-9,13-15H,10-12H2,1-3H3. The Morgan fingerprint density at radius 1 is 0.900 bits per heavy atom. The van der Waals surface area contributed by atoms with Crippen LogP contribution in [-0.2, 0) is 13.6 Å². The maximum absolute atomic E-state index is 12.5. The molecule has 11 heteroatoms. The van der Waals surface area contributed by atoms with E-state index in [1.54, 1.807) is 0 Å². The molecule has 0 saturated carbocycles. The number of hydrogen-bond acceptors (Lipinski definition) is 10. The summed E-state index contributed by atoms with van der Waals surface area (Å²) in [4.78, 5) is 0. The monoisotopic (exact) mass is 333 g/mol. The lowest BCUT2D eigenvalue weighted by Gasteiger charge is -2.28. The molecule has 0 aromatic rings. The van der Waals surface area contributed by atoms with Gasteiger partial charge < -0.3 is 32.5 Å². The molecule has 0 radical (unpaired) electrons. The first-order valence-electron chi connectivity index (χ1n) is 5.94. The van der Waals surface area contributed by atoms with Crippen LogP contribution in [0, 0.1) is 0 Å². The van der Waals surface area contributed by atoms with Gasteiger partial charge in [-0.15, -0.1) is 0 Å². The van der Waals surface area contributed by atoms with Crippen LogP contribution >= 0.6 is 18.2 Å². The van der Waals surface area contributed by atoms with Gasteiger partial charge in [-0.25, -0.2) is 4.57 Å². The van der Waals surface area contributed by atoms with Crippen LogP contribution in [0.3, 0.4) is 0 Å². The highest BCUT2D eigenvalue weighted by molar-refractivity contribution is 8.55. The molecule has 0 saturated heterocycles. The zero-order valence-electron chi connectivity index (χ0n) is 11.6. The van der Waals surface area contributed by atoms with Gasteiger partial charge >= 0.3 is 6.80 Å². The number of rotatable bonds is 9. The Morgan fingerprint density at radius 3 is 1.50 bits per heavy atom. The minimum absolute atomic E-state index is 0.503. The van der Waals surface area contributed by atoms with Crippen LogP contribution in [0.15, 0.2) is 0 Å². The summed E-state index contributed by atoms with van der Waals surface area (Å²) in [5, 5.41) is 26.9. The molecular formula is C9H24N3O6PS. The summed E-state index contributed by atoms with van der Waals surface area (Å²) in [7, 11) is 0. The number of hydrogen-bond donors (Lipinski definition) is 6. The third-order valence-electron chi connectivity index (χ3n) is 2.18. The van der Waals surface area contributed by atoms with Gasteiger partial charge in [0.1, 0.15) is 12.5 Å². The second-order valence-electron chi connectivity index (χ2n) is 4.38. The first-order chi connectivity index (χ1) is 8.98. The van der Waals surface area contributed by atoms with Gasteiger partial charge in [0.05, 0.1) is 23.7 Å². The van der Waals surface area contributed by atoms with E-state index in [0.29, 0.717) is 11.4 Å². The molecule has 0 bridgehead atoms. The Balaban J connectivity index is 4.97. The fourth-order valence-electron chi connectivity index (χ4n) is 0.786.